The van der Waals surface area contributed by atoms with Gasteiger partial charge in [0, 0.05) is 17.3 Å². The van der Waals surface area contributed by atoms with E-state index < -0.39 is 11.9 Å². The lowest BCUT2D eigenvalue weighted by atomic mass is 10.1. The Morgan fingerprint density at radius 2 is 1.91 bits per heavy atom. The molecule has 2 rings (SSSR count). The number of rotatable bonds is 5. The highest BCUT2D eigenvalue weighted by molar-refractivity contribution is 5.96. The van der Waals surface area contributed by atoms with Crippen molar-refractivity contribution in [1.29, 1.82) is 0 Å². The first-order chi connectivity index (χ1) is 10.9. The molecule has 1 heterocycles. The Balaban J connectivity index is 1.95. The second-order valence-electron chi connectivity index (χ2n) is 5.07. The number of nitrogens with one attached hydrogen (secondary N) is 1. The zero-order valence-electron chi connectivity index (χ0n) is 13.6. The summed E-state index contributed by atoms with van der Waals surface area (Å²) >= 11 is 0. The first-order valence-corrected chi connectivity index (χ1v) is 7.10. The smallest absolute Gasteiger partial charge is 0.342 e. The van der Waals surface area contributed by atoms with Crippen molar-refractivity contribution in [3.63, 3.8) is 0 Å². The van der Waals surface area contributed by atoms with E-state index >= 15 is 0 Å². The molecule has 23 heavy (non-hydrogen) atoms. The van der Waals surface area contributed by atoms with Gasteiger partial charge in [-0.05, 0) is 32.9 Å². The predicted octanol–water partition coefficient (Wildman–Crippen LogP) is 3.01. The molecule has 0 radical (unpaired) electrons. The molecule has 0 bridgehead atoms. The number of esters is 1. The van der Waals surface area contributed by atoms with Crippen LogP contribution in [0.4, 0.5) is 5.69 Å². The number of hydrogen-bond donors (Lipinski definition) is 1. The highest BCUT2D eigenvalue weighted by atomic mass is 16.5. The first kappa shape index (κ1) is 16.6. The Kier molecular flexibility index (Phi) is 5.05. The number of ether oxygens (including phenoxy) is 2. The molecule has 0 fully saturated rings. The Bertz CT molecular complexity index is 733. The number of benzene rings is 1. The molecule has 2 aromatic rings. The number of furan rings is 1. The Morgan fingerprint density at radius 1 is 1.17 bits per heavy atom. The molecule has 1 N–H and O–H groups in total. The van der Waals surface area contributed by atoms with Crippen molar-refractivity contribution in [3.8, 4) is 5.75 Å². The normalized spacial score (nSPS) is 10.3. The summed E-state index contributed by atoms with van der Waals surface area (Å²) in [6, 6.07) is 6.91. The summed E-state index contributed by atoms with van der Waals surface area (Å²) in [5, 5.41) is 2.64. The maximum absolute atomic E-state index is 12.1. The summed E-state index contributed by atoms with van der Waals surface area (Å²) in [6.45, 7) is 4.86. The number of methoxy groups -OCH3 is 1. The highest BCUT2D eigenvalue weighted by Crippen LogP contribution is 2.21. The Labute approximate surface area is 134 Å². The van der Waals surface area contributed by atoms with E-state index in [0.717, 1.165) is 5.56 Å². The van der Waals surface area contributed by atoms with Crippen molar-refractivity contribution in [2.45, 2.75) is 20.8 Å². The van der Waals surface area contributed by atoms with E-state index in [1.807, 2.05) is 0 Å². The molecule has 6 heteroatoms. The maximum atomic E-state index is 12.1. The molecule has 122 valence electrons. The van der Waals surface area contributed by atoms with Crippen molar-refractivity contribution in [1.82, 2.24) is 0 Å². The largest absolute Gasteiger partial charge is 0.497 e. The van der Waals surface area contributed by atoms with Gasteiger partial charge in [-0.1, -0.05) is 6.07 Å². The van der Waals surface area contributed by atoms with Crippen LogP contribution in [0.15, 0.2) is 28.7 Å². The van der Waals surface area contributed by atoms with Crippen LogP contribution in [0, 0.1) is 20.8 Å². The van der Waals surface area contributed by atoms with Crippen LogP contribution in [0.1, 0.15) is 27.4 Å². The second kappa shape index (κ2) is 7.00. The molecule has 0 saturated carbocycles. The topological polar surface area (TPSA) is 77.8 Å². The molecular weight excluding hydrogens is 298 g/mol. The van der Waals surface area contributed by atoms with Gasteiger partial charge in [0.1, 0.15) is 22.8 Å². The first-order valence-electron chi connectivity index (χ1n) is 7.10. The fraction of sp³-hybridized carbons (Fsp3) is 0.294. The number of amides is 1. The third-order valence-corrected chi connectivity index (χ3v) is 3.45. The van der Waals surface area contributed by atoms with Gasteiger partial charge in [-0.25, -0.2) is 4.79 Å². The van der Waals surface area contributed by atoms with Crippen LogP contribution in [-0.2, 0) is 9.53 Å². The van der Waals surface area contributed by atoms with Gasteiger partial charge >= 0.3 is 5.97 Å². The molecule has 0 aliphatic carbocycles. The second-order valence-corrected chi connectivity index (χ2v) is 5.07. The molecule has 1 aromatic carbocycles. The molecule has 0 spiro atoms. The van der Waals surface area contributed by atoms with Crippen molar-refractivity contribution in [3.05, 3.63) is 46.9 Å². The fourth-order valence-corrected chi connectivity index (χ4v) is 2.20. The van der Waals surface area contributed by atoms with Crippen molar-refractivity contribution in [2.24, 2.45) is 0 Å². The van der Waals surface area contributed by atoms with Gasteiger partial charge in [-0.2, -0.15) is 0 Å². The summed E-state index contributed by atoms with van der Waals surface area (Å²) in [5.41, 5.74) is 1.66. The third-order valence-electron chi connectivity index (χ3n) is 3.45. The zero-order valence-corrected chi connectivity index (χ0v) is 13.6. The number of carbonyl (C=O) groups excluding carboxylic acids is 2. The molecule has 0 unspecified atom stereocenters. The number of hydrogen-bond acceptors (Lipinski definition) is 5. The minimum Gasteiger partial charge on any atom is -0.497 e. The van der Waals surface area contributed by atoms with Gasteiger partial charge in [0.2, 0.25) is 0 Å². The van der Waals surface area contributed by atoms with Gasteiger partial charge in [0.05, 0.1) is 7.11 Å². The van der Waals surface area contributed by atoms with E-state index in [0.29, 0.717) is 28.5 Å². The van der Waals surface area contributed by atoms with E-state index in [-0.39, 0.29) is 6.61 Å². The monoisotopic (exact) mass is 317 g/mol. The predicted molar refractivity (Wildman–Crippen MR) is 84.8 cm³/mol. The van der Waals surface area contributed by atoms with Crippen LogP contribution in [0.25, 0.3) is 0 Å². The minimum absolute atomic E-state index is 0.372. The molecule has 1 amide bonds. The van der Waals surface area contributed by atoms with E-state index in [4.69, 9.17) is 13.9 Å². The van der Waals surface area contributed by atoms with Crippen LogP contribution in [-0.4, -0.2) is 25.6 Å². The lowest BCUT2D eigenvalue weighted by Gasteiger charge is -2.08. The number of carbonyl (C=O) groups is 2. The van der Waals surface area contributed by atoms with Crippen LogP contribution >= 0.6 is 0 Å². The van der Waals surface area contributed by atoms with Gasteiger partial charge in [0.15, 0.2) is 6.61 Å². The highest BCUT2D eigenvalue weighted by Gasteiger charge is 2.20. The molecule has 0 aliphatic rings. The lowest BCUT2D eigenvalue weighted by molar-refractivity contribution is -0.119. The van der Waals surface area contributed by atoms with Crippen LogP contribution < -0.4 is 10.1 Å². The standard InChI is InChI=1S/C17H19NO5/c1-10-11(2)23-12(3)16(10)17(20)22-9-15(19)18-13-6-5-7-14(8-13)21-4/h5-8H,9H2,1-4H3,(H,18,19). The summed E-state index contributed by atoms with van der Waals surface area (Å²) in [7, 11) is 1.54. The third kappa shape index (κ3) is 3.91. The van der Waals surface area contributed by atoms with Crippen LogP contribution in [0.3, 0.4) is 0 Å². The average molecular weight is 317 g/mol. The molecule has 0 atom stereocenters. The van der Waals surface area contributed by atoms with Crippen molar-refractivity contribution in [2.75, 3.05) is 19.0 Å². The fourth-order valence-electron chi connectivity index (χ4n) is 2.20. The van der Waals surface area contributed by atoms with Gasteiger partial charge in [-0.3, -0.25) is 4.79 Å². The Hall–Kier alpha value is -2.76. The molecule has 6 nitrogen and oxygen atoms in total. The van der Waals surface area contributed by atoms with E-state index in [1.54, 1.807) is 52.1 Å². The van der Waals surface area contributed by atoms with Crippen LogP contribution in [0.2, 0.25) is 0 Å². The SMILES string of the molecule is COc1cccc(NC(=O)COC(=O)c2c(C)oc(C)c2C)c1. The molecule has 0 aliphatic heterocycles. The molecule has 0 saturated heterocycles. The lowest BCUT2D eigenvalue weighted by Crippen LogP contribution is -2.21. The van der Waals surface area contributed by atoms with Crippen molar-refractivity contribution >= 4 is 17.6 Å². The minimum atomic E-state index is -0.572. The van der Waals surface area contributed by atoms with Gasteiger partial charge < -0.3 is 19.2 Å². The summed E-state index contributed by atoms with van der Waals surface area (Å²) < 4.78 is 15.5. The summed E-state index contributed by atoms with van der Waals surface area (Å²) in [4.78, 5) is 23.9. The van der Waals surface area contributed by atoms with Gasteiger partial charge in [-0.15, -0.1) is 0 Å². The quantitative estimate of drug-likeness (QED) is 0.858. The van der Waals surface area contributed by atoms with Gasteiger partial charge in [0.25, 0.3) is 5.91 Å². The molecular formula is C17H19NO5. The van der Waals surface area contributed by atoms with Crippen molar-refractivity contribution < 1.29 is 23.5 Å². The average Bonchev–Trinajstić information content (AvgIpc) is 2.78. The Morgan fingerprint density at radius 3 is 2.52 bits per heavy atom. The maximum Gasteiger partial charge on any atom is 0.342 e. The molecule has 1 aromatic heterocycles. The summed E-state index contributed by atoms with van der Waals surface area (Å²) in [6.07, 6.45) is 0. The summed E-state index contributed by atoms with van der Waals surface area (Å²) in [5.74, 6) is 0.771. The zero-order chi connectivity index (χ0) is 17.0. The van der Waals surface area contributed by atoms with E-state index in [1.165, 1.54) is 0 Å². The number of aryl methyl sites for hydroxylation is 2. The van der Waals surface area contributed by atoms with E-state index in [9.17, 15) is 9.59 Å². The number of anilines is 1. The van der Waals surface area contributed by atoms with E-state index in [2.05, 4.69) is 5.32 Å². The van der Waals surface area contributed by atoms with Crippen LogP contribution in [0.5, 0.6) is 5.75 Å².